The summed E-state index contributed by atoms with van der Waals surface area (Å²) in [5.74, 6) is 0.594. The van der Waals surface area contributed by atoms with E-state index < -0.39 is 0 Å². The first-order valence-electron chi connectivity index (χ1n) is 5.05. The van der Waals surface area contributed by atoms with Crippen LogP contribution in [0.25, 0.3) is 0 Å². The average molecular weight is 187 g/mol. The highest BCUT2D eigenvalue weighted by atomic mass is 15.2. The molecule has 0 fully saturated rings. The van der Waals surface area contributed by atoms with E-state index in [0.717, 1.165) is 6.54 Å². The molecule has 0 unspecified atom stereocenters. The predicted molar refractivity (Wildman–Crippen MR) is 59.8 cm³/mol. The van der Waals surface area contributed by atoms with Gasteiger partial charge in [-0.1, -0.05) is 32.0 Å². The van der Waals surface area contributed by atoms with Gasteiger partial charge >= 0.3 is 0 Å². The lowest BCUT2D eigenvalue weighted by molar-refractivity contribution is 0.521. The van der Waals surface area contributed by atoms with E-state index in [1.165, 1.54) is 5.69 Å². The Morgan fingerprint density at radius 1 is 1.36 bits per heavy atom. The van der Waals surface area contributed by atoms with Crippen molar-refractivity contribution in [3.63, 3.8) is 0 Å². The first-order valence-corrected chi connectivity index (χ1v) is 5.05. The summed E-state index contributed by atoms with van der Waals surface area (Å²) in [6.07, 6.45) is 3.06. The maximum atomic E-state index is 4.37. The molecular formula is C12H15N2. The molecule has 1 aromatic carbocycles. The molecule has 2 heteroatoms. The van der Waals surface area contributed by atoms with E-state index in [1.54, 1.807) is 0 Å². The molecule has 0 aromatic heterocycles. The third-order valence-electron chi connectivity index (χ3n) is 2.55. The molecule has 73 valence electrons. The van der Waals surface area contributed by atoms with Gasteiger partial charge in [-0.05, 0) is 18.1 Å². The lowest BCUT2D eigenvalue weighted by Crippen LogP contribution is -2.25. The number of nitrogens with zero attached hydrogens (tertiary/aromatic N) is 2. The fourth-order valence-corrected chi connectivity index (χ4v) is 1.54. The third-order valence-corrected chi connectivity index (χ3v) is 2.55. The quantitative estimate of drug-likeness (QED) is 0.694. The summed E-state index contributed by atoms with van der Waals surface area (Å²) in [5, 5.41) is 0. The van der Waals surface area contributed by atoms with Crippen LogP contribution in [0.5, 0.6) is 0 Å². The second kappa shape index (κ2) is 3.82. The largest absolute Gasteiger partial charge is 0.321 e. The lowest BCUT2D eigenvalue weighted by Gasteiger charge is -2.17. The fraction of sp³-hybridized carbons (Fsp3) is 0.417. The van der Waals surface area contributed by atoms with E-state index in [9.17, 15) is 0 Å². The smallest absolute Gasteiger partial charge is 0.172 e. The summed E-state index contributed by atoms with van der Waals surface area (Å²) in [6, 6.07) is 10.7. The molecule has 0 aliphatic carbocycles. The van der Waals surface area contributed by atoms with E-state index in [-0.39, 0.29) is 0 Å². The Labute approximate surface area is 85.3 Å². The van der Waals surface area contributed by atoms with Crippen molar-refractivity contribution < 1.29 is 0 Å². The Hall–Kier alpha value is -1.31. The molecule has 2 nitrogen and oxygen atoms in total. The zero-order valence-corrected chi connectivity index (χ0v) is 8.64. The lowest BCUT2D eigenvalue weighted by atomic mass is 10.1. The Kier molecular flexibility index (Phi) is 2.53. The molecule has 0 saturated heterocycles. The molecule has 0 saturated carbocycles. The van der Waals surface area contributed by atoms with Gasteiger partial charge in [0.15, 0.2) is 6.34 Å². The second-order valence-electron chi connectivity index (χ2n) is 3.99. The van der Waals surface area contributed by atoms with Crippen LogP contribution in [-0.2, 0) is 0 Å². The molecule has 0 bridgehead atoms. The van der Waals surface area contributed by atoms with Gasteiger partial charge in [0.05, 0.1) is 6.04 Å². The molecule has 1 radical (unpaired) electrons. The summed E-state index contributed by atoms with van der Waals surface area (Å²) >= 11 is 0. The number of aliphatic imine (C=N–C) groups is 1. The van der Waals surface area contributed by atoms with Gasteiger partial charge in [0.25, 0.3) is 0 Å². The molecule has 1 atom stereocenters. The summed E-state index contributed by atoms with van der Waals surface area (Å²) in [5.41, 5.74) is 1.18. The summed E-state index contributed by atoms with van der Waals surface area (Å²) in [7, 11) is 0. The molecule has 1 aromatic rings. The molecular weight excluding hydrogens is 172 g/mol. The normalized spacial score (nSPS) is 20.8. The number of benzene rings is 1. The van der Waals surface area contributed by atoms with Crippen LogP contribution in [0.2, 0.25) is 0 Å². The Balaban J connectivity index is 2.08. The maximum absolute atomic E-state index is 4.37. The van der Waals surface area contributed by atoms with Gasteiger partial charge in [-0.15, -0.1) is 0 Å². The van der Waals surface area contributed by atoms with Crippen molar-refractivity contribution in [2.75, 3.05) is 11.4 Å². The molecule has 0 amide bonds. The van der Waals surface area contributed by atoms with Crippen LogP contribution in [0.15, 0.2) is 35.3 Å². The molecule has 2 rings (SSSR count). The Morgan fingerprint density at radius 2 is 2.07 bits per heavy atom. The minimum Gasteiger partial charge on any atom is -0.321 e. The van der Waals surface area contributed by atoms with Crippen LogP contribution in [0, 0.1) is 5.92 Å². The predicted octanol–water partition coefficient (Wildman–Crippen LogP) is 2.44. The van der Waals surface area contributed by atoms with Crippen molar-refractivity contribution in [1.82, 2.24) is 0 Å². The number of hydrogen-bond acceptors (Lipinski definition) is 2. The zero-order valence-electron chi connectivity index (χ0n) is 8.64. The Morgan fingerprint density at radius 3 is 2.64 bits per heavy atom. The van der Waals surface area contributed by atoms with Gasteiger partial charge in [-0.2, -0.15) is 0 Å². The van der Waals surface area contributed by atoms with Gasteiger partial charge in [-0.25, -0.2) is 0 Å². The summed E-state index contributed by atoms with van der Waals surface area (Å²) < 4.78 is 0. The zero-order chi connectivity index (χ0) is 9.97. The summed E-state index contributed by atoms with van der Waals surface area (Å²) in [4.78, 5) is 6.46. The van der Waals surface area contributed by atoms with Gasteiger partial charge in [0.1, 0.15) is 0 Å². The number of hydrogen-bond donors (Lipinski definition) is 0. The van der Waals surface area contributed by atoms with E-state index in [0.29, 0.717) is 12.0 Å². The minimum atomic E-state index is 0.398. The van der Waals surface area contributed by atoms with E-state index in [4.69, 9.17) is 0 Å². The standard InChI is InChI=1S/C12H15N2/c1-10(2)12-8-14(9-13-12)11-6-4-3-5-7-11/h3-7,10,12H,8H2,1-2H3/t12-/m1/s1. The number of rotatable bonds is 2. The third kappa shape index (κ3) is 1.79. The van der Waals surface area contributed by atoms with Gasteiger partial charge in [0, 0.05) is 12.2 Å². The molecule has 14 heavy (non-hydrogen) atoms. The first kappa shape index (κ1) is 9.25. The molecule has 1 heterocycles. The van der Waals surface area contributed by atoms with E-state index in [1.807, 2.05) is 18.2 Å². The van der Waals surface area contributed by atoms with E-state index >= 15 is 0 Å². The highest BCUT2D eigenvalue weighted by molar-refractivity contribution is 5.81. The molecule has 1 aliphatic heterocycles. The van der Waals surface area contributed by atoms with Gasteiger partial charge < -0.3 is 4.90 Å². The topological polar surface area (TPSA) is 15.6 Å². The van der Waals surface area contributed by atoms with E-state index in [2.05, 4.69) is 42.2 Å². The maximum Gasteiger partial charge on any atom is 0.172 e. The first-order chi connectivity index (χ1) is 6.77. The van der Waals surface area contributed by atoms with Crippen molar-refractivity contribution in [2.45, 2.75) is 19.9 Å². The van der Waals surface area contributed by atoms with Crippen LogP contribution in [0.3, 0.4) is 0 Å². The van der Waals surface area contributed by atoms with Crippen molar-refractivity contribution >= 4 is 12.0 Å². The van der Waals surface area contributed by atoms with Crippen LogP contribution < -0.4 is 4.90 Å². The monoisotopic (exact) mass is 187 g/mol. The fourth-order valence-electron chi connectivity index (χ4n) is 1.54. The Bertz CT molecular complexity index is 316. The second-order valence-corrected chi connectivity index (χ2v) is 3.99. The van der Waals surface area contributed by atoms with Crippen LogP contribution in [0.1, 0.15) is 13.8 Å². The van der Waals surface area contributed by atoms with Crippen LogP contribution >= 0.6 is 0 Å². The molecule has 0 spiro atoms. The molecule has 1 aliphatic rings. The van der Waals surface area contributed by atoms with Crippen molar-refractivity contribution in [3.8, 4) is 0 Å². The summed E-state index contributed by atoms with van der Waals surface area (Å²) in [6.45, 7) is 5.36. The average Bonchev–Trinajstić information content (AvgIpc) is 2.68. The van der Waals surface area contributed by atoms with Crippen LogP contribution in [-0.4, -0.2) is 18.9 Å². The van der Waals surface area contributed by atoms with Crippen LogP contribution in [0.4, 0.5) is 5.69 Å². The highest BCUT2D eigenvalue weighted by Crippen LogP contribution is 2.19. The van der Waals surface area contributed by atoms with Gasteiger partial charge in [-0.3, -0.25) is 4.99 Å². The van der Waals surface area contributed by atoms with Gasteiger partial charge in [0.2, 0.25) is 0 Å². The van der Waals surface area contributed by atoms with Crippen molar-refractivity contribution in [2.24, 2.45) is 10.9 Å². The minimum absolute atomic E-state index is 0.398. The SMILES string of the molecule is CC(C)[C@H]1CN(c2ccccc2)[C]=N1. The van der Waals surface area contributed by atoms with Crippen molar-refractivity contribution in [1.29, 1.82) is 0 Å². The van der Waals surface area contributed by atoms with Crippen molar-refractivity contribution in [3.05, 3.63) is 30.3 Å². The molecule has 0 N–H and O–H groups in total. The number of para-hydroxylation sites is 1. The number of anilines is 1. The highest BCUT2D eigenvalue weighted by Gasteiger charge is 2.21.